The molecule has 0 unspecified atom stereocenters. The fraction of sp³-hybridized carbons (Fsp3) is 0.385. The number of hydrogen-bond acceptors (Lipinski definition) is 7. The largest absolute Gasteiger partial charge is 0.497 e. The summed E-state index contributed by atoms with van der Waals surface area (Å²) in [6, 6.07) is 9.77. The Balaban J connectivity index is 1.95. The number of amides is 1. The topological polar surface area (TPSA) is 78.6 Å². The second-order valence-electron chi connectivity index (χ2n) is 8.42. The zero-order chi connectivity index (χ0) is 25.7. The maximum atomic E-state index is 13.3. The first-order chi connectivity index (χ1) is 16.7. The van der Waals surface area contributed by atoms with Gasteiger partial charge in [-0.1, -0.05) is 49.5 Å². The minimum Gasteiger partial charge on any atom is -0.497 e. The number of anilines is 1. The number of unbranched alkanes of at least 4 members (excludes halogenated alkanes) is 1. The number of carbonyl (C=O) groups is 1. The van der Waals surface area contributed by atoms with Crippen molar-refractivity contribution >= 4 is 46.1 Å². The van der Waals surface area contributed by atoms with Crippen molar-refractivity contribution < 1.29 is 9.53 Å². The molecule has 3 rings (SSSR count). The molecule has 1 amide bonds. The van der Waals surface area contributed by atoms with Crippen molar-refractivity contribution in [2.45, 2.75) is 33.1 Å². The number of hydrogen-bond donors (Lipinski definition) is 0. The highest BCUT2D eigenvalue weighted by molar-refractivity contribution is 8.26. The van der Waals surface area contributed by atoms with Crippen LogP contribution in [0.1, 0.15) is 42.0 Å². The van der Waals surface area contributed by atoms with Crippen molar-refractivity contribution in [3.63, 3.8) is 0 Å². The molecule has 7 nitrogen and oxygen atoms in total. The maximum absolute atomic E-state index is 13.3. The van der Waals surface area contributed by atoms with Crippen LogP contribution in [0.2, 0.25) is 0 Å². The molecule has 1 saturated heterocycles. The number of carbonyl (C=O) groups excluding carboxylic acids is 1. The fourth-order valence-corrected chi connectivity index (χ4v) is 5.32. The average Bonchev–Trinajstić information content (AvgIpc) is 3.12. The van der Waals surface area contributed by atoms with Gasteiger partial charge in [0.2, 0.25) is 0 Å². The van der Waals surface area contributed by atoms with Gasteiger partial charge in [-0.15, -0.1) is 0 Å². The van der Waals surface area contributed by atoms with Gasteiger partial charge in [-0.25, -0.2) is 0 Å². The predicted molar refractivity (Wildman–Crippen MR) is 146 cm³/mol. The molecule has 1 aliphatic heterocycles. The van der Waals surface area contributed by atoms with E-state index < -0.39 is 0 Å². The molecule has 9 heteroatoms. The van der Waals surface area contributed by atoms with Gasteiger partial charge >= 0.3 is 0 Å². The lowest BCUT2D eigenvalue weighted by molar-refractivity contribution is -0.122. The lowest BCUT2D eigenvalue weighted by Gasteiger charge is -2.25. The highest BCUT2D eigenvalue weighted by atomic mass is 32.2. The highest BCUT2D eigenvalue weighted by Gasteiger charge is 2.32. The van der Waals surface area contributed by atoms with E-state index in [1.165, 1.54) is 16.3 Å². The molecule has 2 heterocycles. The van der Waals surface area contributed by atoms with E-state index in [9.17, 15) is 14.9 Å². The van der Waals surface area contributed by atoms with Gasteiger partial charge in [0.05, 0.1) is 12.0 Å². The van der Waals surface area contributed by atoms with Crippen LogP contribution in [-0.4, -0.2) is 46.9 Å². The minimum absolute atomic E-state index is 0.0846. The Bertz CT molecular complexity index is 1260. The summed E-state index contributed by atoms with van der Waals surface area (Å²) in [5.74, 6) is 1.30. The Hall–Kier alpha value is -3.09. The van der Waals surface area contributed by atoms with Crippen LogP contribution in [-0.2, 0) is 18.3 Å². The van der Waals surface area contributed by atoms with Crippen molar-refractivity contribution in [2.24, 2.45) is 7.05 Å². The Labute approximate surface area is 216 Å². The van der Waals surface area contributed by atoms with Gasteiger partial charge in [0.25, 0.3) is 11.5 Å². The summed E-state index contributed by atoms with van der Waals surface area (Å²) in [4.78, 5) is 30.2. The molecular formula is C26H30N4O3S2. The normalized spacial score (nSPS) is 14.5. The van der Waals surface area contributed by atoms with Gasteiger partial charge in [-0.3, -0.25) is 19.1 Å². The van der Waals surface area contributed by atoms with Crippen molar-refractivity contribution in [3.8, 4) is 11.8 Å². The first-order valence-electron chi connectivity index (χ1n) is 11.5. The van der Waals surface area contributed by atoms with Gasteiger partial charge in [0.15, 0.2) is 0 Å². The zero-order valence-electron chi connectivity index (χ0n) is 20.8. The minimum atomic E-state index is -0.340. The number of nitriles is 1. The number of methoxy groups -OCH3 is 1. The van der Waals surface area contributed by atoms with E-state index in [2.05, 4.69) is 6.92 Å². The molecule has 0 aliphatic carbocycles. The van der Waals surface area contributed by atoms with E-state index in [4.69, 9.17) is 17.0 Å². The number of rotatable bonds is 9. The van der Waals surface area contributed by atoms with E-state index in [1.54, 1.807) is 32.1 Å². The number of aromatic nitrogens is 1. The molecule has 1 aliphatic rings. The van der Waals surface area contributed by atoms with Crippen LogP contribution < -0.4 is 15.2 Å². The molecule has 184 valence electrons. The Morgan fingerprint density at radius 2 is 1.94 bits per heavy atom. The standard InChI is InChI=1S/C26H30N4O3S2/c1-6-7-13-28(3)23-20(17(2)21(16-27)24(31)29(23)4)15-22-25(32)30(26(34)35-22)14-12-18-8-10-19(33-5)11-9-18/h8-11,15H,6-7,12-14H2,1-5H3/b22-15-. The number of thiocarbonyl (C=S) groups is 1. The molecule has 0 spiro atoms. The van der Waals surface area contributed by atoms with Crippen molar-refractivity contribution in [2.75, 3.05) is 32.1 Å². The van der Waals surface area contributed by atoms with Gasteiger partial charge in [0, 0.05) is 32.7 Å². The van der Waals surface area contributed by atoms with Crippen LogP contribution >= 0.6 is 24.0 Å². The molecule has 2 aromatic rings. The summed E-state index contributed by atoms with van der Waals surface area (Å²) in [5, 5.41) is 9.62. The first kappa shape index (κ1) is 26.5. The second-order valence-corrected chi connectivity index (χ2v) is 10.1. The summed E-state index contributed by atoms with van der Waals surface area (Å²) < 4.78 is 7.20. The van der Waals surface area contributed by atoms with Gasteiger partial charge in [0.1, 0.15) is 27.5 Å². The van der Waals surface area contributed by atoms with E-state index in [0.29, 0.717) is 39.1 Å². The average molecular weight is 511 g/mol. The molecule has 1 aromatic carbocycles. The summed E-state index contributed by atoms with van der Waals surface area (Å²) in [5.41, 5.74) is 2.08. The molecule has 0 atom stereocenters. The summed E-state index contributed by atoms with van der Waals surface area (Å²) in [7, 11) is 5.21. The molecule has 35 heavy (non-hydrogen) atoms. The number of pyridine rings is 1. The Morgan fingerprint density at radius 1 is 1.26 bits per heavy atom. The fourth-order valence-electron chi connectivity index (χ4n) is 4.03. The van der Waals surface area contributed by atoms with Crippen LogP contribution in [0.5, 0.6) is 5.75 Å². The SMILES string of the molecule is CCCCN(C)c1c(/C=C2\SC(=S)N(CCc3ccc(OC)cc3)C2=O)c(C)c(C#N)c(=O)n1C. The van der Waals surface area contributed by atoms with E-state index >= 15 is 0 Å². The monoisotopic (exact) mass is 510 g/mol. The lowest BCUT2D eigenvalue weighted by Crippen LogP contribution is -2.31. The quantitative estimate of drug-likeness (QED) is 0.369. The van der Waals surface area contributed by atoms with Crippen LogP contribution in [0.4, 0.5) is 5.82 Å². The van der Waals surface area contributed by atoms with Gasteiger partial charge in [-0.05, 0) is 49.1 Å². The third kappa shape index (κ3) is 5.60. The van der Waals surface area contributed by atoms with Crippen LogP contribution in [0.25, 0.3) is 6.08 Å². The second kappa shape index (κ2) is 11.6. The third-order valence-electron chi connectivity index (χ3n) is 6.11. The molecular weight excluding hydrogens is 480 g/mol. The molecule has 0 bridgehead atoms. The molecule has 0 N–H and O–H groups in total. The van der Waals surface area contributed by atoms with E-state index in [1.807, 2.05) is 42.3 Å². The van der Waals surface area contributed by atoms with E-state index in [0.717, 1.165) is 30.7 Å². The summed E-state index contributed by atoms with van der Waals surface area (Å²) >= 11 is 6.77. The lowest BCUT2D eigenvalue weighted by atomic mass is 10.0. The van der Waals surface area contributed by atoms with Crippen LogP contribution in [0.3, 0.4) is 0 Å². The molecule has 0 saturated carbocycles. The predicted octanol–water partition coefficient (Wildman–Crippen LogP) is 4.25. The smallest absolute Gasteiger partial charge is 0.270 e. The molecule has 1 aromatic heterocycles. The van der Waals surface area contributed by atoms with E-state index in [-0.39, 0.29) is 17.0 Å². The number of ether oxygens (including phenoxy) is 1. The van der Waals surface area contributed by atoms with Crippen LogP contribution in [0, 0.1) is 18.3 Å². The van der Waals surface area contributed by atoms with Gasteiger partial charge in [-0.2, -0.15) is 5.26 Å². The maximum Gasteiger partial charge on any atom is 0.270 e. The van der Waals surface area contributed by atoms with Gasteiger partial charge < -0.3 is 9.64 Å². The van der Waals surface area contributed by atoms with Crippen molar-refractivity contribution in [3.05, 3.63) is 61.8 Å². The first-order valence-corrected chi connectivity index (χ1v) is 12.7. The summed E-state index contributed by atoms with van der Waals surface area (Å²) in [6.07, 6.45) is 4.40. The Morgan fingerprint density at radius 3 is 2.54 bits per heavy atom. The molecule has 0 radical (unpaired) electrons. The summed E-state index contributed by atoms with van der Waals surface area (Å²) in [6.45, 7) is 5.08. The van der Waals surface area contributed by atoms with Crippen molar-refractivity contribution in [1.29, 1.82) is 5.26 Å². The number of thioether (sulfide) groups is 1. The number of benzene rings is 1. The van der Waals surface area contributed by atoms with Crippen LogP contribution in [0.15, 0.2) is 34.0 Å². The third-order valence-corrected chi connectivity index (χ3v) is 7.49. The Kier molecular flexibility index (Phi) is 8.76. The number of nitrogens with zero attached hydrogens (tertiary/aromatic N) is 4. The van der Waals surface area contributed by atoms with Crippen molar-refractivity contribution in [1.82, 2.24) is 9.47 Å². The zero-order valence-corrected chi connectivity index (χ0v) is 22.4. The highest BCUT2D eigenvalue weighted by Crippen LogP contribution is 2.35. The molecule has 1 fully saturated rings.